The van der Waals surface area contributed by atoms with Crippen LogP contribution in [0.15, 0.2) is 29.3 Å². The number of amides is 1. The van der Waals surface area contributed by atoms with Crippen LogP contribution in [0.5, 0.6) is 0 Å². The fourth-order valence-electron chi connectivity index (χ4n) is 1.87. The Morgan fingerprint density at radius 3 is 2.48 bits per heavy atom. The van der Waals surface area contributed by atoms with Crippen LogP contribution < -0.4 is 10.6 Å². The second-order valence-electron chi connectivity index (χ2n) is 5.36. The average Bonchev–Trinajstić information content (AvgIpc) is 2.51. The number of hydrogen-bond donors (Lipinski definition) is 2. The highest BCUT2D eigenvalue weighted by Crippen LogP contribution is 2.29. The molecule has 0 heterocycles. The summed E-state index contributed by atoms with van der Waals surface area (Å²) in [5.41, 5.74) is -0.226. The van der Waals surface area contributed by atoms with Gasteiger partial charge in [-0.15, -0.1) is 24.0 Å². The Hall–Kier alpha value is -1.52. The van der Waals surface area contributed by atoms with E-state index in [0.717, 1.165) is 12.1 Å². The smallest absolute Gasteiger partial charge is 0.357 e. The number of carbonyl (C=O) groups excluding carboxylic acids is 1. The molecule has 0 saturated heterocycles. The van der Waals surface area contributed by atoms with Gasteiger partial charge in [0.05, 0.1) is 12.1 Å². The molecule has 142 valence electrons. The molecule has 1 aromatic rings. The van der Waals surface area contributed by atoms with E-state index in [1.54, 1.807) is 20.2 Å². The first-order valence-corrected chi connectivity index (χ1v) is 7.62. The van der Waals surface area contributed by atoms with Gasteiger partial charge in [-0.1, -0.05) is 12.1 Å². The molecule has 0 spiro atoms. The van der Waals surface area contributed by atoms with Gasteiger partial charge in [-0.05, 0) is 24.6 Å². The maximum absolute atomic E-state index is 12.7. The van der Waals surface area contributed by atoms with Crippen molar-refractivity contribution in [2.75, 3.05) is 27.2 Å². The molecule has 9 heteroatoms. The first-order chi connectivity index (χ1) is 11.2. The standard InChI is InChI=1S/C16H23F3N4O.HI/c1-4-20-15(21-9-8-14(24)23(2)3)22-11-12-6-5-7-13(10-12)16(17,18)19;/h5-7,10H,4,8-9,11H2,1-3H3,(H2,20,21,22);1H. The van der Waals surface area contributed by atoms with Crippen LogP contribution in [-0.4, -0.2) is 44.0 Å². The zero-order valence-corrected chi connectivity index (χ0v) is 16.8. The minimum atomic E-state index is -4.37. The molecular weight excluding hydrogens is 448 g/mol. The lowest BCUT2D eigenvalue weighted by Crippen LogP contribution is -2.39. The van der Waals surface area contributed by atoms with Crippen LogP contribution in [0, 0.1) is 0 Å². The number of nitrogens with one attached hydrogen (secondary N) is 2. The molecule has 0 aliphatic carbocycles. The molecule has 0 fully saturated rings. The number of rotatable bonds is 6. The molecule has 0 atom stereocenters. The van der Waals surface area contributed by atoms with Crippen molar-refractivity contribution in [3.63, 3.8) is 0 Å². The van der Waals surface area contributed by atoms with E-state index >= 15 is 0 Å². The van der Waals surface area contributed by atoms with Crippen molar-refractivity contribution < 1.29 is 18.0 Å². The van der Waals surface area contributed by atoms with Gasteiger partial charge < -0.3 is 15.5 Å². The lowest BCUT2D eigenvalue weighted by atomic mass is 10.1. The normalized spacial score (nSPS) is 11.5. The van der Waals surface area contributed by atoms with E-state index < -0.39 is 11.7 Å². The summed E-state index contributed by atoms with van der Waals surface area (Å²) in [6, 6.07) is 5.08. The predicted molar refractivity (Wildman–Crippen MR) is 103 cm³/mol. The number of guanidine groups is 1. The Bertz CT molecular complexity index is 577. The van der Waals surface area contributed by atoms with E-state index in [1.165, 1.54) is 11.0 Å². The first kappa shape index (κ1) is 23.5. The van der Waals surface area contributed by atoms with Gasteiger partial charge in [0.15, 0.2) is 5.96 Å². The molecule has 0 saturated carbocycles. The van der Waals surface area contributed by atoms with E-state index in [9.17, 15) is 18.0 Å². The molecule has 25 heavy (non-hydrogen) atoms. The van der Waals surface area contributed by atoms with E-state index in [4.69, 9.17) is 0 Å². The number of benzene rings is 1. The predicted octanol–water partition coefficient (Wildman–Crippen LogP) is 2.86. The summed E-state index contributed by atoms with van der Waals surface area (Å²) in [5.74, 6) is 0.442. The third kappa shape index (κ3) is 8.94. The maximum Gasteiger partial charge on any atom is 0.416 e. The van der Waals surface area contributed by atoms with Gasteiger partial charge in [0.2, 0.25) is 5.91 Å². The fourth-order valence-corrected chi connectivity index (χ4v) is 1.87. The SMILES string of the molecule is CCNC(=NCc1cccc(C(F)(F)F)c1)NCCC(=O)N(C)C.I. The summed E-state index contributed by atoms with van der Waals surface area (Å²) in [6.07, 6.45) is -4.06. The summed E-state index contributed by atoms with van der Waals surface area (Å²) in [5, 5.41) is 5.98. The average molecular weight is 472 g/mol. The van der Waals surface area contributed by atoms with Crippen LogP contribution in [0.25, 0.3) is 0 Å². The summed E-state index contributed by atoms with van der Waals surface area (Å²) in [7, 11) is 3.35. The Labute approximate surface area is 163 Å². The molecule has 1 amide bonds. The molecule has 5 nitrogen and oxygen atoms in total. The molecule has 0 aliphatic rings. The van der Waals surface area contributed by atoms with Gasteiger partial charge in [-0.25, -0.2) is 4.99 Å². The Kier molecular flexibility index (Phi) is 10.5. The molecule has 0 radical (unpaired) electrons. The van der Waals surface area contributed by atoms with Crippen LogP contribution in [0.3, 0.4) is 0 Å². The third-order valence-corrected chi connectivity index (χ3v) is 3.15. The fraction of sp³-hybridized carbons (Fsp3) is 0.500. The largest absolute Gasteiger partial charge is 0.416 e. The van der Waals surface area contributed by atoms with Crippen molar-refractivity contribution in [1.29, 1.82) is 0 Å². The van der Waals surface area contributed by atoms with Crippen LogP contribution in [-0.2, 0) is 17.5 Å². The topological polar surface area (TPSA) is 56.7 Å². The molecule has 2 N–H and O–H groups in total. The van der Waals surface area contributed by atoms with Gasteiger partial charge in [0.25, 0.3) is 0 Å². The van der Waals surface area contributed by atoms with E-state index in [-0.39, 0.29) is 36.4 Å². The summed E-state index contributed by atoms with van der Waals surface area (Å²) < 4.78 is 38.1. The number of nitrogens with zero attached hydrogens (tertiary/aromatic N) is 2. The van der Waals surface area contributed by atoms with Crippen molar-refractivity contribution in [3.8, 4) is 0 Å². The van der Waals surface area contributed by atoms with Crippen molar-refractivity contribution in [2.45, 2.75) is 26.1 Å². The van der Waals surface area contributed by atoms with Gasteiger partial charge in [-0.2, -0.15) is 13.2 Å². The third-order valence-electron chi connectivity index (χ3n) is 3.15. The molecule has 0 bridgehead atoms. The van der Waals surface area contributed by atoms with Crippen molar-refractivity contribution >= 4 is 35.8 Å². The molecule has 0 aliphatic heterocycles. The Morgan fingerprint density at radius 1 is 1.24 bits per heavy atom. The summed E-state index contributed by atoms with van der Waals surface area (Å²) in [6.45, 7) is 2.99. The van der Waals surface area contributed by atoms with E-state index in [1.807, 2.05) is 6.92 Å². The zero-order valence-electron chi connectivity index (χ0n) is 14.5. The highest BCUT2D eigenvalue weighted by atomic mass is 127. The summed E-state index contributed by atoms with van der Waals surface area (Å²) in [4.78, 5) is 17.3. The number of carbonyl (C=O) groups is 1. The van der Waals surface area contributed by atoms with Crippen molar-refractivity contribution in [1.82, 2.24) is 15.5 Å². The van der Waals surface area contributed by atoms with Gasteiger partial charge >= 0.3 is 6.18 Å². The van der Waals surface area contributed by atoms with Gasteiger partial charge in [0.1, 0.15) is 0 Å². The van der Waals surface area contributed by atoms with E-state index in [0.29, 0.717) is 31.0 Å². The van der Waals surface area contributed by atoms with Crippen LogP contribution in [0.4, 0.5) is 13.2 Å². The minimum absolute atomic E-state index is 0. The second kappa shape index (κ2) is 11.2. The monoisotopic (exact) mass is 472 g/mol. The summed E-state index contributed by atoms with van der Waals surface area (Å²) >= 11 is 0. The molecule has 1 aromatic carbocycles. The van der Waals surface area contributed by atoms with Crippen molar-refractivity contribution in [3.05, 3.63) is 35.4 Å². The minimum Gasteiger partial charge on any atom is -0.357 e. The maximum atomic E-state index is 12.7. The quantitative estimate of drug-likeness (QED) is 0.381. The number of alkyl halides is 3. The van der Waals surface area contributed by atoms with Crippen LogP contribution in [0.2, 0.25) is 0 Å². The molecule has 0 unspecified atom stereocenters. The Morgan fingerprint density at radius 2 is 1.92 bits per heavy atom. The number of hydrogen-bond acceptors (Lipinski definition) is 2. The van der Waals surface area contributed by atoms with E-state index in [2.05, 4.69) is 15.6 Å². The zero-order chi connectivity index (χ0) is 18.2. The van der Waals surface area contributed by atoms with Crippen LogP contribution in [0.1, 0.15) is 24.5 Å². The Balaban J connectivity index is 0.00000576. The molecular formula is C16H24F3IN4O. The number of halogens is 4. The van der Waals surface area contributed by atoms with Crippen molar-refractivity contribution in [2.24, 2.45) is 4.99 Å². The lowest BCUT2D eigenvalue weighted by Gasteiger charge is -2.13. The van der Waals surface area contributed by atoms with Crippen LogP contribution >= 0.6 is 24.0 Å². The number of aliphatic imine (C=N–C) groups is 1. The van der Waals surface area contributed by atoms with Gasteiger partial charge in [-0.3, -0.25) is 4.79 Å². The highest BCUT2D eigenvalue weighted by molar-refractivity contribution is 14.0. The second-order valence-corrected chi connectivity index (χ2v) is 5.36. The lowest BCUT2D eigenvalue weighted by molar-refractivity contribution is -0.137. The molecule has 1 rings (SSSR count). The molecule has 0 aromatic heterocycles. The highest BCUT2D eigenvalue weighted by Gasteiger charge is 2.30. The van der Waals surface area contributed by atoms with Gasteiger partial charge in [0, 0.05) is 33.6 Å². The first-order valence-electron chi connectivity index (χ1n) is 7.62.